The van der Waals surface area contributed by atoms with Gasteiger partial charge in [-0.25, -0.2) is 0 Å². The maximum Gasteiger partial charge on any atom is 0.320 e. The first-order valence-corrected chi connectivity index (χ1v) is 6.01. The molecule has 1 atom stereocenters. The van der Waals surface area contributed by atoms with Crippen molar-refractivity contribution in [1.29, 1.82) is 0 Å². The minimum atomic E-state index is -0.804. The highest BCUT2D eigenvalue weighted by atomic mass is 79.9. The Balaban J connectivity index is 2.63. The van der Waals surface area contributed by atoms with Crippen LogP contribution in [0.15, 0.2) is 28.7 Å². The molecule has 4 heteroatoms. The second-order valence-electron chi connectivity index (χ2n) is 4.03. The van der Waals surface area contributed by atoms with Gasteiger partial charge in [-0.1, -0.05) is 48.0 Å². The Morgan fingerprint density at radius 1 is 1.44 bits per heavy atom. The van der Waals surface area contributed by atoms with Crippen LogP contribution in [-0.2, 0) is 11.3 Å². The van der Waals surface area contributed by atoms with E-state index < -0.39 is 12.0 Å². The number of benzene rings is 1. The van der Waals surface area contributed by atoms with Crippen molar-refractivity contribution < 1.29 is 9.90 Å². The molecule has 0 aliphatic heterocycles. The molecular weight excluding hydrogens is 270 g/mol. The zero-order chi connectivity index (χ0) is 12.1. The first-order valence-electron chi connectivity index (χ1n) is 5.22. The number of hydrogen-bond donors (Lipinski definition) is 2. The third-order valence-corrected chi connectivity index (χ3v) is 3.18. The number of carbonyl (C=O) groups is 1. The van der Waals surface area contributed by atoms with Crippen LogP contribution in [0.25, 0.3) is 0 Å². The molecule has 0 saturated carbocycles. The second-order valence-corrected chi connectivity index (χ2v) is 4.89. The molecule has 1 aromatic carbocycles. The van der Waals surface area contributed by atoms with Gasteiger partial charge >= 0.3 is 5.97 Å². The van der Waals surface area contributed by atoms with Gasteiger partial charge < -0.3 is 10.4 Å². The third-order valence-electron chi connectivity index (χ3n) is 2.40. The van der Waals surface area contributed by atoms with Crippen LogP contribution in [0.1, 0.15) is 19.4 Å². The van der Waals surface area contributed by atoms with Crippen molar-refractivity contribution >= 4 is 21.9 Å². The molecular formula is C12H16BrNO2. The highest BCUT2D eigenvalue weighted by Crippen LogP contribution is 2.16. The fourth-order valence-electron chi connectivity index (χ4n) is 1.47. The van der Waals surface area contributed by atoms with Crippen LogP contribution in [-0.4, -0.2) is 17.1 Å². The number of rotatable bonds is 5. The average molecular weight is 286 g/mol. The summed E-state index contributed by atoms with van der Waals surface area (Å²) in [7, 11) is 0. The smallest absolute Gasteiger partial charge is 0.320 e. The summed E-state index contributed by atoms with van der Waals surface area (Å²) >= 11 is 3.43. The zero-order valence-electron chi connectivity index (χ0n) is 9.40. The fourth-order valence-corrected chi connectivity index (χ4v) is 1.89. The largest absolute Gasteiger partial charge is 0.480 e. The van der Waals surface area contributed by atoms with E-state index in [4.69, 9.17) is 5.11 Å². The molecule has 1 unspecified atom stereocenters. The molecule has 0 heterocycles. The third kappa shape index (κ3) is 3.61. The predicted octanol–water partition coefficient (Wildman–Crippen LogP) is 2.65. The lowest BCUT2D eigenvalue weighted by atomic mass is 10.0. The highest BCUT2D eigenvalue weighted by Gasteiger charge is 2.20. The SMILES string of the molecule is CC(C)C(NCc1ccccc1Br)C(=O)O. The normalized spacial score (nSPS) is 12.8. The molecule has 2 N–H and O–H groups in total. The summed E-state index contributed by atoms with van der Waals surface area (Å²) in [4.78, 5) is 11.0. The van der Waals surface area contributed by atoms with Gasteiger partial charge in [0.2, 0.25) is 0 Å². The molecule has 0 aromatic heterocycles. The Bertz CT molecular complexity index is 366. The topological polar surface area (TPSA) is 49.3 Å². The van der Waals surface area contributed by atoms with Crippen molar-refractivity contribution in [2.75, 3.05) is 0 Å². The Morgan fingerprint density at radius 3 is 2.56 bits per heavy atom. The van der Waals surface area contributed by atoms with E-state index in [1.165, 1.54) is 0 Å². The standard InChI is InChI=1S/C12H16BrNO2/c1-8(2)11(12(15)16)14-7-9-5-3-4-6-10(9)13/h3-6,8,11,14H,7H2,1-2H3,(H,15,16). The number of hydrogen-bond acceptors (Lipinski definition) is 2. The van der Waals surface area contributed by atoms with Gasteiger partial charge in [-0.3, -0.25) is 4.79 Å². The van der Waals surface area contributed by atoms with Gasteiger partial charge in [0.15, 0.2) is 0 Å². The Morgan fingerprint density at radius 2 is 2.06 bits per heavy atom. The van der Waals surface area contributed by atoms with Gasteiger partial charge in [-0.05, 0) is 17.5 Å². The Kier molecular flexibility index (Phi) is 4.96. The molecule has 1 aromatic rings. The van der Waals surface area contributed by atoms with E-state index >= 15 is 0 Å². The van der Waals surface area contributed by atoms with E-state index in [2.05, 4.69) is 21.2 Å². The quantitative estimate of drug-likeness (QED) is 0.875. The van der Waals surface area contributed by atoms with Gasteiger partial charge in [0.05, 0.1) is 0 Å². The molecule has 0 bridgehead atoms. The number of halogens is 1. The molecule has 0 amide bonds. The number of aliphatic carboxylic acids is 1. The summed E-state index contributed by atoms with van der Waals surface area (Å²) in [6.07, 6.45) is 0. The molecule has 0 radical (unpaired) electrons. The monoisotopic (exact) mass is 285 g/mol. The van der Waals surface area contributed by atoms with Crippen molar-refractivity contribution in [2.45, 2.75) is 26.4 Å². The van der Waals surface area contributed by atoms with Crippen LogP contribution in [0.2, 0.25) is 0 Å². The maximum atomic E-state index is 11.0. The van der Waals surface area contributed by atoms with Gasteiger partial charge in [0.1, 0.15) is 6.04 Å². The predicted molar refractivity (Wildman–Crippen MR) is 67.2 cm³/mol. The van der Waals surface area contributed by atoms with Crippen LogP contribution < -0.4 is 5.32 Å². The first-order chi connectivity index (χ1) is 7.52. The fraction of sp³-hybridized carbons (Fsp3) is 0.417. The van der Waals surface area contributed by atoms with Crippen molar-refractivity contribution in [1.82, 2.24) is 5.32 Å². The summed E-state index contributed by atoms with van der Waals surface area (Å²) in [6, 6.07) is 7.28. The lowest BCUT2D eigenvalue weighted by molar-refractivity contribution is -0.140. The maximum absolute atomic E-state index is 11.0. The van der Waals surface area contributed by atoms with Gasteiger partial charge in [-0.15, -0.1) is 0 Å². The summed E-state index contributed by atoms with van der Waals surface area (Å²) in [6.45, 7) is 4.34. The first kappa shape index (κ1) is 13.2. The number of nitrogens with one attached hydrogen (secondary N) is 1. The van der Waals surface area contributed by atoms with E-state index in [1.807, 2.05) is 38.1 Å². The van der Waals surface area contributed by atoms with Crippen LogP contribution in [0, 0.1) is 5.92 Å². The van der Waals surface area contributed by atoms with Crippen LogP contribution >= 0.6 is 15.9 Å². The molecule has 0 spiro atoms. The average Bonchev–Trinajstić information content (AvgIpc) is 2.20. The lowest BCUT2D eigenvalue weighted by Crippen LogP contribution is -2.40. The highest BCUT2D eigenvalue weighted by molar-refractivity contribution is 9.10. The minimum absolute atomic E-state index is 0.0694. The van der Waals surface area contributed by atoms with Crippen molar-refractivity contribution in [3.05, 3.63) is 34.3 Å². The molecule has 16 heavy (non-hydrogen) atoms. The van der Waals surface area contributed by atoms with Crippen molar-refractivity contribution in [3.63, 3.8) is 0 Å². The molecule has 88 valence electrons. The van der Waals surface area contributed by atoms with Crippen LogP contribution in [0.4, 0.5) is 0 Å². The van der Waals surface area contributed by atoms with E-state index in [0.29, 0.717) is 6.54 Å². The molecule has 1 rings (SSSR count). The molecule has 3 nitrogen and oxygen atoms in total. The number of carboxylic acid groups (broad SMARTS) is 1. The summed E-state index contributed by atoms with van der Waals surface area (Å²) < 4.78 is 0.996. The lowest BCUT2D eigenvalue weighted by Gasteiger charge is -2.18. The summed E-state index contributed by atoms with van der Waals surface area (Å²) in [5.41, 5.74) is 1.06. The second kappa shape index (κ2) is 6.01. The Hall–Kier alpha value is -0.870. The van der Waals surface area contributed by atoms with Crippen LogP contribution in [0.3, 0.4) is 0 Å². The van der Waals surface area contributed by atoms with Gasteiger partial charge in [0, 0.05) is 11.0 Å². The van der Waals surface area contributed by atoms with Gasteiger partial charge in [0.25, 0.3) is 0 Å². The van der Waals surface area contributed by atoms with E-state index in [1.54, 1.807) is 0 Å². The van der Waals surface area contributed by atoms with Crippen molar-refractivity contribution in [3.8, 4) is 0 Å². The Labute approximate surface area is 104 Å². The zero-order valence-corrected chi connectivity index (χ0v) is 11.0. The molecule has 0 fully saturated rings. The molecule has 0 aliphatic rings. The van der Waals surface area contributed by atoms with E-state index in [0.717, 1.165) is 10.0 Å². The minimum Gasteiger partial charge on any atom is -0.480 e. The summed E-state index contributed by atoms with van der Waals surface area (Å²) in [5, 5.41) is 12.1. The van der Waals surface area contributed by atoms with Crippen molar-refractivity contribution in [2.24, 2.45) is 5.92 Å². The van der Waals surface area contributed by atoms with E-state index in [-0.39, 0.29) is 5.92 Å². The van der Waals surface area contributed by atoms with Crippen LogP contribution in [0.5, 0.6) is 0 Å². The van der Waals surface area contributed by atoms with E-state index in [9.17, 15) is 4.79 Å². The van der Waals surface area contributed by atoms with Gasteiger partial charge in [-0.2, -0.15) is 0 Å². The molecule has 0 aliphatic carbocycles. The summed E-state index contributed by atoms with van der Waals surface area (Å²) in [5.74, 6) is -0.734. The molecule has 0 saturated heterocycles. The number of carboxylic acids is 1.